The van der Waals surface area contributed by atoms with Gasteiger partial charge in [-0.1, -0.05) is 11.8 Å². The van der Waals surface area contributed by atoms with Crippen molar-refractivity contribution in [1.82, 2.24) is 15.3 Å². The SMILES string of the molecule is CS(=O)(=O)CCNCCSc1ncccn1. The van der Waals surface area contributed by atoms with Crippen LogP contribution >= 0.6 is 11.8 Å². The summed E-state index contributed by atoms with van der Waals surface area (Å²) < 4.78 is 21.6. The highest BCUT2D eigenvalue weighted by atomic mass is 32.2. The molecule has 0 saturated heterocycles. The van der Waals surface area contributed by atoms with E-state index >= 15 is 0 Å². The van der Waals surface area contributed by atoms with Gasteiger partial charge in [-0.2, -0.15) is 0 Å². The molecule has 0 unspecified atom stereocenters. The third-order valence-corrected chi connectivity index (χ3v) is 3.52. The predicted molar refractivity (Wildman–Crippen MR) is 65.3 cm³/mol. The summed E-state index contributed by atoms with van der Waals surface area (Å²) in [6, 6.07) is 1.77. The fourth-order valence-corrected chi connectivity index (χ4v) is 2.17. The Labute approximate surface area is 100.0 Å². The monoisotopic (exact) mass is 261 g/mol. The third-order valence-electron chi connectivity index (χ3n) is 1.70. The van der Waals surface area contributed by atoms with Crippen molar-refractivity contribution >= 4 is 21.6 Å². The summed E-state index contributed by atoms with van der Waals surface area (Å²) in [5, 5.41) is 3.80. The molecule has 0 amide bonds. The first-order valence-corrected chi connectivity index (χ1v) is 7.91. The van der Waals surface area contributed by atoms with E-state index in [-0.39, 0.29) is 5.75 Å². The van der Waals surface area contributed by atoms with E-state index in [4.69, 9.17) is 0 Å². The molecule has 0 fully saturated rings. The molecular weight excluding hydrogens is 246 g/mol. The highest BCUT2D eigenvalue weighted by Gasteiger charge is 2.00. The normalized spacial score (nSPS) is 11.6. The summed E-state index contributed by atoms with van der Waals surface area (Å²) in [6.07, 6.45) is 4.64. The minimum atomic E-state index is -2.86. The Bertz CT molecular complexity index is 394. The van der Waals surface area contributed by atoms with Crippen molar-refractivity contribution in [1.29, 1.82) is 0 Å². The summed E-state index contributed by atoms with van der Waals surface area (Å²) in [6.45, 7) is 1.24. The zero-order valence-electron chi connectivity index (χ0n) is 9.09. The minimum Gasteiger partial charge on any atom is -0.315 e. The number of hydrogen-bond acceptors (Lipinski definition) is 6. The standard InChI is InChI=1S/C9H15N3O2S2/c1-16(13,14)8-6-10-5-7-15-9-11-3-2-4-12-9/h2-4,10H,5-8H2,1H3. The molecule has 1 aromatic heterocycles. The van der Waals surface area contributed by atoms with Crippen molar-refractivity contribution in [3.05, 3.63) is 18.5 Å². The maximum Gasteiger partial charge on any atom is 0.187 e. The maximum atomic E-state index is 10.8. The molecule has 5 nitrogen and oxygen atoms in total. The van der Waals surface area contributed by atoms with Crippen molar-refractivity contribution in [3.8, 4) is 0 Å². The number of hydrogen-bond donors (Lipinski definition) is 1. The van der Waals surface area contributed by atoms with E-state index in [0.29, 0.717) is 6.54 Å². The van der Waals surface area contributed by atoms with Crippen LogP contribution in [-0.4, -0.2) is 49.2 Å². The first-order chi connectivity index (χ1) is 7.58. The molecule has 0 radical (unpaired) electrons. The van der Waals surface area contributed by atoms with Gasteiger partial charge in [-0.25, -0.2) is 18.4 Å². The van der Waals surface area contributed by atoms with E-state index in [1.54, 1.807) is 30.2 Å². The number of sulfone groups is 1. The van der Waals surface area contributed by atoms with Gasteiger partial charge in [0.05, 0.1) is 5.75 Å². The molecule has 0 spiro atoms. The van der Waals surface area contributed by atoms with E-state index in [2.05, 4.69) is 15.3 Å². The molecule has 7 heteroatoms. The fraction of sp³-hybridized carbons (Fsp3) is 0.556. The van der Waals surface area contributed by atoms with Gasteiger partial charge in [0.2, 0.25) is 0 Å². The molecule has 1 aromatic rings. The van der Waals surface area contributed by atoms with Crippen LogP contribution in [0.15, 0.2) is 23.6 Å². The summed E-state index contributed by atoms with van der Waals surface area (Å²) in [7, 11) is -2.86. The van der Waals surface area contributed by atoms with Crippen molar-refractivity contribution in [3.63, 3.8) is 0 Å². The molecule has 0 aliphatic heterocycles. The van der Waals surface area contributed by atoms with Gasteiger partial charge in [-0.3, -0.25) is 0 Å². The summed E-state index contributed by atoms with van der Waals surface area (Å²) in [4.78, 5) is 8.13. The van der Waals surface area contributed by atoms with Gasteiger partial charge in [0.15, 0.2) is 5.16 Å². The number of aromatic nitrogens is 2. The Morgan fingerprint density at radius 1 is 1.31 bits per heavy atom. The Morgan fingerprint density at radius 2 is 2.00 bits per heavy atom. The molecule has 0 bridgehead atoms. The summed E-state index contributed by atoms with van der Waals surface area (Å²) >= 11 is 1.54. The second-order valence-electron chi connectivity index (χ2n) is 3.26. The highest BCUT2D eigenvalue weighted by molar-refractivity contribution is 7.99. The molecule has 1 rings (SSSR count). The molecule has 0 aliphatic carbocycles. The van der Waals surface area contributed by atoms with Crippen molar-refractivity contribution in [2.45, 2.75) is 5.16 Å². The molecule has 90 valence electrons. The zero-order valence-corrected chi connectivity index (χ0v) is 10.7. The molecule has 1 N–H and O–H groups in total. The van der Waals surface area contributed by atoms with Gasteiger partial charge in [-0.05, 0) is 6.07 Å². The lowest BCUT2D eigenvalue weighted by atomic mass is 10.7. The zero-order chi connectivity index (χ0) is 11.9. The van der Waals surface area contributed by atoms with Crippen LogP contribution in [0.5, 0.6) is 0 Å². The average Bonchev–Trinajstić information content (AvgIpc) is 2.23. The van der Waals surface area contributed by atoms with Crippen LogP contribution in [0, 0.1) is 0 Å². The van der Waals surface area contributed by atoms with Crippen LogP contribution in [-0.2, 0) is 9.84 Å². The van der Waals surface area contributed by atoms with Crippen LogP contribution in [0.4, 0.5) is 0 Å². The van der Waals surface area contributed by atoms with E-state index in [1.807, 2.05) is 0 Å². The third kappa shape index (κ3) is 6.76. The van der Waals surface area contributed by atoms with Gasteiger partial charge in [0.1, 0.15) is 9.84 Å². The lowest BCUT2D eigenvalue weighted by Crippen LogP contribution is -2.24. The Kier molecular flexibility index (Phi) is 5.72. The van der Waals surface area contributed by atoms with E-state index in [0.717, 1.165) is 17.5 Å². The minimum absolute atomic E-state index is 0.180. The van der Waals surface area contributed by atoms with Crippen molar-refractivity contribution in [2.24, 2.45) is 0 Å². The topological polar surface area (TPSA) is 72.0 Å². The number of rotatable bonds is 7. The van der Waals surface area contributed by atoms with Crippen LogP contribution in [0.3, 0.4) is 0 Å². The van der Waals surface area contributed by atoms with E-state index < -0.39 is 9.84 Å². The number of nitrogens with one attached hydrogen (secondary N) is 1. The largest absolute Gasteiger partial charge is 0.315 e. The molecule has 16 heavy (non-hydrogen) atoms. The Hall–Kier alpha value is -0.660. The fourth-order valence-electron chi connectivity index (χ4n) is 0.957. The molecule has 1 heterocycles. The number of thioether (sulfide) groups is 1. The van der Waals surface area contributed by atoms with E-state index in [1.165, 1.54) is 6.26 Å². The van der Waals surface area contributed by atoms with E-state index in [9.17, 15) is 8.42 Å². The van der Waals surface area contributed by atoms with Gasteiger partial charge in [0.25, 0.3) is 0 Å². The average molecular weight is 261 g/mol. The quantitative estimate of drug-likeness (QED) is 0.429. The van der Waals surface area contributed by atoms with Crippen molar-refractivity contribution in [2.75, 3.05) is 30.9 Å². The maximum absolute atomic E-state index is 10.8. The molecule has 0 aliphatic rings. The molecular formula is C9H15N3O2S2. The first kappa shape index (κ1) is 13.4. The van der Waals surface area contributed by atoms with Crippen LogP contribution in [0.1, 0.15) is 0 Å². The van der Waals surface area contributed by atoms with Gasteiger partial charge >= 0.3 is 0 Å². The summed E-state index contributed by atoms with van der Waals surface area (Å²) in [5.41, 5.74) is 0. The lowest BCUT2D eigenvalue weighted by molar-refractivity contribution is 0.598. The highest BCUT2D eigenvalue weighted by Crippen LogP contribution is 2.08. The van der Waals surface area contributed by atoms with Gasteiger partial charge in [0, 0.05) is 37.5 Å². The van der Waals surface area contributed by atoms with Gasteiger partial charge in [-0.15, -0.1) is 0 Å². The first-order valence-electron chi connectivity index (χ1n) is 4.86. The second-order valence-corrected chi connectivity index (χ2v) is 6.58. The Morgan fingerprint density at radius 3 is 2.62 bits per heavy atom. The molecule has 0 aromatic carbocycles. The lowest BCUT2D eigenvalue weighted by Gasteiger charge is -2.02. The van der Waals surface area contributed by atoms with Crippen LogP contribution in [0.25, 0.3) is 0 Å². The Balaban J connectivity index is 2.05. The van der Waals surface area contributed by atoms with Crippen LogP contribution < -0.4 is 5.32 Å². The van der Waals surface area contributed by atoms with Crippen LogP contribution in [0.2, 0.25) is 0 Å². The second kappa shape index (κ2) is 6.82. The number of nitrogens with zero attached hydrogens (tertiary/aromatic N) is 2. The predicted octanol–water partition coefficient (Wildman–Crippen LogP) is 0.203. The molecule has 0 saturated carbocycles. The van der Waals surface area contributed by atoms with Gasteiger partial charge < -0.3 is 5.32 Å². The summed E-state index contributed by atoms with van der Waals surface area (Å²) in [5.74, 6) is 1.01. The smallest absolute Gasteiger partial charge is 0.187 e. The molecule has 0 atom stereocenters. The van der Waals surface area contributed by atoms with Crippen molar-refractivity contribution < 1.29 is 8.42 Å².